The number of nitrogens with zero attached hydrogens (tertiary/aromatic N) is 1. The fraction of sp³-hybridized carbons (Fsp3) is 0.630. The van der Waals surface area contributed by atoms with Gasteiger partial charge in [0.25, 0.3) is 0 Å². The number of likely N-dealkylation sites (tertiary alicyclic amines) is 1. The number of amides is 4. The largest absolute Gasteiger partial charge is 0.444 e. The highest BCUT2D eigenvalue weighted by Gasteiger charge is 2.34. The quantitative estimate of drug-likeness (QED) is 0.505. The van der Waals surface area contributed by atoms with Crippen LogP contribution in [0.5, 0.6) is 0 Å². The summed E-state index contributed by atoms with van der Waals surface area (Å²) >= 11 is 0. The van der Waals surface area contributed by atoms with E-state index in [2.05, 4.69) is 16.0 Å². The Hall–Kier alpha value is -3.10. The molecule has 1 heterocycles. The lowest BCUT2D eigenvalue weighted by Crippen LogP contribution is -2.54. The normalized spacial score (nSPS) is 17.1. The van der Waals surface area contributed by atoms with E-state index in [0.29, 0.717) is 25.9 Å². The lowest BCUT2D eigenvalue weighted by atomic mass is 9.94. The van der Waals surface area contributed by atoms with E-state index in [-0.39, 0.29) is 35.6 Å². The smallest absolute Gasteiger partial charge is 0.408 e. The Bertz CT molecular complexity index is 904. The van der Waals surface area contributed by atoms with Crippen molar-refractivity contribution < 1.29 is 23.9 Å². The van der Waals surface area contributed by atoms with Gasteiger partial charge in [-0.15, -0.1) is 0 Å². The summed E-state index contributed by atoms with van der Waals surface area (Å²) in [5.41, 5.74) is 0.329. The van der Waals surface area contributed by atoms with Crippen molar-refractivity contribution in [2.75, 3.05) is 13.1 Å². The van der Waals surface area contributed by atoms with Crippen LogP contribution >= 0.6 is 0 Å². The van der Waals surface area contributed by atoms with Gasteiger partial charge >= 0.3 is 6.09 Å². The van der Waals surface area contributed by atoms with E-state index >= 15 is 0 Å². The van der Waals surface area contributed by atoms with E-state index in [1.807, 2.05) is 51.1 Å². The van der Waals surface area contributed by atoms with E-state index in [4.69, 9.17) is 4.74 Å². The first-order chi connectivity index (χ1) is 16.8. The molecule has 0 aliphatic carbocycles. The molecule has 3 N–H and O–H groups in total. The van der Waals surface area contributed by atoms with Crippen molar-refractivity contribution in [1.29, 1.82) is 0 Å². The fourth-order valence-corrected chi connectivity index (χ4v) is 4.07. The Morgan fingerprint density at radius 2 is 1.50 bits per heavy atom. The maximum absolute atomic E-state index is 13.1. The molecule has 0 spiro atoms. The lowest BCUT2D eigenvalue weighted by molar-refractivity contribution is -0.138. The molecular weight excluding hydrogens is 460 g/mol. The Morgan fingerprint density at radius 1 is 0.917 bits per heavy atom. The summed E-state index contributed by atoms with van der Waals surface area (Å²) in [6.07, 6.45) is 0.352. The van der Waals surface area contributed by atoms with E-state index < -0.39 is 23.8 Å². The van der Waals surface area contributed by atoms with Gasteiger partial charge in [0.2, 0.25) is 17.7 Å². The Morgan fingerprint density at radius 3 is 2.03 bits per heavy atom. The molecule has 0 unspecified atom stereocenters. The van der Waals surface area contributed by atoms with E-state index in [1.165, 1.54) is 0 Å². The third-order valence-corrected chi connectivity index (χ3v) is 6.19. The zero-order valence-electron chi connectivity index (χ0n) is 22.6. The standard InChI is InChI=1S/C27H42N4O5/c1-17(2)22(30-26(35)36-27(5,6)7)25(34)31-15-13-21(14-16-31)24(33)29-19(4)23(32)28-18(3)20-11-9-8-10-12-20/h8-12,17-19,21-22H,13-16H2,1-7H3,(H,28,32)(H,29,33)(H,30,35)/t18-,19+,22+/m1/s1. The minimum Gasteiger partial charge on any atom is -0.444 e. The number of benzene rings is 1. The summed E-state index contributed by atoms with van der Waals surface area (Å²) < 4.78 is 5.30. The number of nitrogens with one attached hydrogen (secondary N) is 3. The predicted molar refractivity (Wildman–Crippen MR) is 138 cm³/mol. The Kier molecular flexibility index (Phi) is 10.3. The van der Waals surface area contributed by atoms with E-state index in [0.717, 1.165) is 5.56 Å². The molecule has 1 aromatic rings. The highest BCUT2D eigenvalue weighted by atomic mass is 16.6. The molecule has 0 aromatic heterocycles. The van der Waals surface area contributed by atoms with Crippen molar-refractivity contribution >= 4 is 23.8 Å². The van der Waals surface area contributed by atoms with Crippen molar-refractivity contribution in [2.24, 2.45) is 11.8 Å². The van der Waals surface area contributed by atoms with Gasteiger partial charge < -0.3 is 25.6 Å². The molecule has 0 bridgehead atoms. The second-order valence-electron chi connectivity index (χ2n) is 10.8. The molecule has 3 atom stereocenters. The van der Waals surface area contributed by atoms with Gasteiger partial charge in [-0.1, -0.05) is 44.2 Å². The molecule has 2 rings (SSSR count). The van der Waals surface area contributed by atoms with Crippen molar-refractivity contribution in [1.82, 2.24) is 20.9 Å². The summed E-state index contributed by atoms with van der Waals surface area (Å²) in [5, 5.41) is 8.43. The van der Waals surface area contributed by atoms with E-state index in [1.54, 1.807) is 32.6 Å². The molecule has 0 radical (unpaired) electrons. The zero-order valence-corrected chi connectivity index (χ0v) is 22.6. The Labute approximate surface area is 214 Å². The maximum atomic E-state index is 13.1. The molecule has 9 heteroatoms. The summed E-state index contributed by atoms with van der Waals surface area (Å²) in [5.74, 6) is -1.03. The summed E-state index contributed by atoms with van der Waals surface area (Å²) in [6.45, 7) is 13.4. The van der Waals surface area contributed by atoms with Gasteiger partial charge in [0.1, 0.15) is 17.7 Å². The van der Waals surface area contributed by atoms with Crippen LogP contribution in [0.1, 0.15) is 72.9 Å². The van der Waals surface area contributed by atoms with Gasteiger partial charge in [-0.2, -0.15) is 0 Å². The van der Waals surface area contributed by atoms with Gasteiger partial charge in [-0.3, -0.25) is 14.4 Å². The average Bonchev–Trinajstić information content (AvgIpc) is 2.81. The summed E-state index contributed by atoms with van der Waals surface area (Å²) in [4.78, 5) is 52.4. The average molecular weight is 503 g/mol. The number of carbonyl (C=O) groups excluding carboxylic acids is 4. The number of alkyl carbamates (subject to hydrolysis) is 1. The first-order valence-corrected chi connectivity index (χ1v) is 12.7. The fourth-order valence-electron chi connectivity index (χ4n) is 4.07. The number of hydrogen-bond donors (Lipinski definition) is 3. The number of hydrogen-bond acceptors (Lipinski definition) is 5. The van der Waals surface area contributed by atoms with E-state index in [9.17, 15) is 19.2 Å². The number of rotatable bonds is 8. The SMILES string of the molecule is CC(C)[C@H](NC(=O)OC(C)(C)C)C(=O)N1CCC(C(=O)N[C@@H](C)C(=O)N[C@H](C)c2ccccc2)CC1. The summed E-state index contributed by atoms with van der Waals surface area (Å²) in [7, 11) is 0. The highest BCUT2D eigenvalue weighted by Crippen LogP contribution is 2.20. The van der Waals surface area contributed by atoms with Gasteiger partial charge in [-0.05, 0) is 58.9 Å². The van der Waals surface area contributed by atoms with Crippen molar-refractivity contribution in [3.63, 3.8) is 0 Å². The van der Waals surface area contributed by atoms with Crippen molar-refractivity contribution in [3.05, 3.63) is 35.9 Å². The topological polar surface area (TPSA) is 117 Å². The third-order valence-electron chi connectivity index (χ3n) is 6.19. The molecule has 1 aliphatic rings. The molecule has 1 fully saturated rings. The van der Waals surface area contributed by atoms with Gasteiger partial charge in [-0.25, -0.2) is 4.79 Å². The van der Waals surface area contributed by atoms with Crippen LogP contribution in [0.25, 0.3) is 0 Å². The molecule has 200 valence electrons. The zero-order chi connectivity index (χ0) is 27.0. The second kappa shape index (κ2) is 12.7. The van der Waals surface area contributed by atoms with Crippen molar-refractivity contribution in [2.45, 2.75) is 85.0 Å². The molecule has 1 saturated heterocycles. The molecule has 9 nitrogen and oxygen atoms in total. The number of piperidine rings is 1. The van der Waals surface area contributed by atoms with Crippen molar-refractivity contribution in [3.8, 4) is 0 Å². The van der Waals surface area contributed by atoms with Crippen LogP contribution in [0.2, 0.25) is 0 Å². The number of carbonyl (C=O) groups is 4. The minimum absolute atomic E-state index is 0.122. The molecule has 1 aliphatic heterocycles. The third kappa shape index (κ3) is 8.84. The van der Waals surface area contributed by atoms with Crippen LogP contribution in [0.4, 0.5) is 4.79 Å². The van der Waals surface area contributed by atoms with Gasteiger partial charge in [0, 0.05) is 19.0 Å². The van der Waals surface area contributed by atoms with Crippen LogP contribution in [0.3, 0.4) is 0 Å². The van der Waals surface area contributed by atoms with Crippen LogP contribution < -0.4 is 16.0 Å². The first-order valence-electron chi connectivity index (χ1n) is 12.7. The predicted octanol–water partition coefficient (Wildman–Crippen LogP) is 3.16. The Balaban J connectivity index is 1.85. The molecule has 0 saturated carbocycles. The molecule has 1 aromatic carbocycles. The van der Waals surface area contributed by atoms with Crippen LogP contribution in [-0.2, 0) is 19.1 Å². The second-order valence-corrected chi connectivity index (χ2v) is 10.8. The molecule has 4 amide bonds. The van der Waals surface area contributed by atoms with Gasteiger partial charge in [0.05, 0.1) is 6.04 Å². The minimum atomic E-state index is -0.708. The highest BCUT2D eigenvalue weighted by molar-refractivity contribution is 5.89. The molecular formula is C27H42N4O5. The molecule has 36 heavy (non-hydrogen) atoms. The van der Waals surface area contributed by atoms with Crippen LogP contribution in [0, 0.1) is 11.8 Å². The number of ether oxygens (including phenoxy) is 1. The summed E-state index contributed by atoms with van der Waals surface area (Å²) in [6, 6.07) is 8.07. The monoisotopic (exact) mass is 502 g/mol. The van der Waals surface area contributed by atoms with Crippen LogP contribution in [0.15, 0.2) is 30.3 Å². The van der Waals surface area contributed by atoms with Gasteiger partial charge in [0.15, 0.2) is 0 Å². The first kappa shape index (κ1) is 29.1. The van der Waals surface area contributed by atoms with Crippen LogP contribution in [-0.4, -0.2) is 59.5 Å². The lowest BCUT2D eigenvalue weighted by Gasteiger charge is -2.35. The maximum Gasteiger partial charge on any atom is 0.408 e.